The number of benzene rings is 1. The minimum absolute atomic E-state index is 0.105. The topological polar surface area (TPSA) is 64.4 Å². The molecule has 0 radical (unpaired) electrons. The molecule has 1 aliphatic carbocycles. The Morgan fingerprint density at radius 2 is 2.19 bits per heavy atom. The molecule has 3 atom stereocenters. The van der Waals surface area contributed by atoms with Gasteiger partial charge in [0.1, 0.15) is 11.4 Å². The summed E-state index contributed by atoms with van der Waals surface area (Å²) in [7, 11) is 1.54. The Hall–Kier alpha value is -2.04. The Labute approximate surface area is 124 Å². The first-order valence-corrected chi connectivity index (χ1v) is 7.32. The second-order valence-corrected chi connectivity index (χ2v) is 6.14. The molecule has 5 nitrogen and oxygen atoms in total. The smallest absolute Gasteiger partial charge is 0.296 e. The average molecular weight is 288 g/mol. The molecule has 1 heterocycles. The predicted molar refractivity (Wildman–Crippen MR) is 81.9 cm³/mol. The number of methoxy groups -OCH3 is 1. The van der Waals surface area contributed by atoms with Gasteiger partial charge in [0.05, 0.1) is 18.1 Å². The Balaban J connectivity index is 2.17. The summed E-state index contributed by atoms with van der Waals surface area (Å²) in [5, 5.41) is 14.8. The van der Waals surface area contributed by atoms with Crippen molar-refractivity contribution in [2.75, 3.05) is 12.4 Å². The van der Waals surface area contributed by atoms with Gasteiger partial charge in [0.15, 0.2) is 0 Å². The van der Waals surface area contributed by atoms with E-state index in [0.717, 1.165) is 12.0 Å². The van der Waals surface area contributed by atoms with Gasteiger partial charge in [-0.05, 0) is 29.9 Å². The molecule has 0 aromatic heterocycles. The zero-order valence-corrected chi connectivity index (χ0v) is 12.5. The molecule has 0 spiro atoms. The SMILES string of the molecule is COc1cc2c(c([N+](=O)[O-])c1)N[C@H](C(C)C)[C@@H]1CC=C[C@@H]21. The van der Waals surface area contributed by atoms with Crippen LogP contribution < -0.4 is 10.1 Å². The first-order chi connectivity index (χ1) is 10.0. The van der Waals surface area contributed by atoms with Gasteiger partial charge < -0.3 is 10.1 Å². The molecule has 0 amide bonds. The van der Waals surface area contributed by atoms with E-state index in [-0.39, 0.29) is 22.6 Å². The van der Waals surface area contributed by atoms with Crippen LogP contribution in [0.3, 0.4) is 0 Å². The molecule has 21 heavy (non-hydrogen) atoms. The lowest BCUT2D eigenvalue weighted by Gasteiger charge is -2.39. The van der Waals surface area contributed by atoms with Crippen molar-refractivity contribution in [1.82, 2.24) is 0 Å². The second kappa shape index (κ2) is 5.06. The van der Waals surface area contributed by atoms with Crippen LogP contribution in [0, 0.1) is 22.0 Å². The number of fused-ring (bicyclic) bond motifs is 3. The van der Waals surface area contributed by atoms with E-state index in [1.807, 2.05) is 6.07 Å². The third-order valence-corrected chi connectivity index (χ3v) is 4.62. The second-order valence-electron chi connectivity index (χ2n) is 6.14. The summed E-state index contributed by atoms with van der Waals surface area (Å²) >= 11 is 0. The minimum atomic E-state index is -0.329. The molecule has 0 saturated carbocycles. The summed E-state index contributed by atoms with van der Waals surface area (Å²) in [6.45, 7) is 4.32. The largest absolute Gasteiger partial charge is 0.496 e. The van der Waals surface area contributed by atoms with Gasteiger partial charge in [-0.1, -0.05) is 26.0 Å². The number of ether oxygens (including phenoxy) is 1. The average Bonchev–Trinajstić information content (AvgIpc) is 2.94. The third-order valence-electron chi connectivity index (χ3n) is 4.62. The van der Waals surface area contributed by atoms with Gasteiger partial charge in [-0.3, -0.25) is 10.1 Å². The molecular weight excluding hydrogens is 268 g/mol. The lowest BCUT2D eigenvalue weighted by molar-refractivity contribution is -0.384. The number of nitrogens with one attached hydrogen (secondary N) is 1. The van der Waals surface area contributed by atoms with Crippen molar-refractivity contribution < 1.29 is 9.66 Å². The molecule has 0 saturated heterocycles. The molecule has 2 aliphatic rings. The maximum Gasteiger partial charge on any atom is 0.296 e. The predicted octanol–water partition coefficient (Wildman–Crippen LogP) is 3.71. The first kappa shape index (κ1) is 13.9. The summed E-state index contributed by atoms with van der Waals surface area (Å²) in [5.41, 5.74) is 1.75. The van der Waals surface area contributed by atoms with Crippen LogP contribution in [0.4, 0.5) is 11.4 Å². The number of nitro groups is 1. The number of allylic oxidation sites excluding steroid dienone is 2. The van der Waals surface area contributed by atoms with Crippen molar-refractivity contribution in [2.24, 2.45) is 11.8 Å². The molecular formula is C16H20N2O3. The van der Waals surface area contributed by atoms with Crippen LogP contribution in [0.5, 0.6) is 5.75 Å². The van der Waals surface area contributed by atoms with Gasteiger partial charge in [-0.15, -0.1) is 0 Å². The minimum Gasteiger partial charge on any atom is -0.496 e. The number of anilines is 1. The van der Waals surface area contributed by atoms with Gasteiger partial charge in [0.25, 0.3) is 5.69 Å². The standard InChI is InChI=1S/C16H20N2O3/c1-9(2)15-12-6-4-5-11(12)13-7-10(21-3)8-14(18(19)20)16(13)17-15/h4-5,7-9,11-12,15,17H,6H2,1-3H3/t11-,12-,15-/m1/s1. The lowest BCUT2D eigenvalue weighted by Crippen LogP contribution is -2.39. The molecule has 3 rings (SSSR count). The fraction of sp³-hybridized carbons (Fsp3) is 0.500. The van der Waals surface area contributed by atoms with Gasteiger partial charge >= 0.3 is 0 Å². The van der Waals surface area contributed by atoms with Crippen molar-refractivity contribution in [1.29, 1.82) is 0 Å². The van der Waals surface area contributed by atoms with Crippen LogP contribution in [0.1, 0.15) is 31.7 Å². The maximum atomic E-state index is 11.4. The number of hydrogen-bond acceptors (Lipinski definition) is 4. The molecule has 0 bridgehead atoms. The van der Waals surface area contributed by atoms with Crippen LogP contribution in [0.2, 0.25) is 0 Å². The van der Waals surface area contributed by atoms with Gasteiger partial charge in [0.2, 0.25) is 0 Å². The van der Waals surface area contributed by atoms with Gasteiger partial charge in [-0.2, -0.15) is 0 Å². The van der Waals surface area contributed by atoms with E-state index < -0.39 is 0 Å². The molecule has 1 aromatic carbocycles. The van der Waals surface area contributed by atoms with E-state index in [1.54, 1.807) is 7.11 Å². The third kappa shape index (κ3) is 2.17. The Kier molecular flexibility index (Phi) is 3.35. The molecule has 0 unspecified atom stereocenters. The van der Waals surface area contributed by atoms with Gasteiger partial charge in [0, 0.05) is 12.0 Å². The van der Waals surface area contributed by atoms with Crippen molar-refractivity contribution in [2.45, 2.75) is 32.2 Å². The first-order valence-electron chi connectivity index (χ1n) is 7.32. The summed E-state index contributed by atoms with van der Waals surface area (Å²) in [5.74, 6) is 1.67. The number of nitrogens with zero attached hydrogens (tertiary/aromatic N) is 1. The highest BCUT2D eigenvalue weighted by Crippen LogP contribution is 2.50. The highest BCUT2D eigenvalue weighted by molar-refractivity contribution is 5.72. The maximum absolute atomic E-state index is 11.4. The van der Waals surface area contributed by atoms with Crippen LogP contribution in [-0.2, 0) is 0 Å². The number of hydrogen-bond donors (Lipinski definition) is 1. The number of rotatable bonds is 3. The normalized spacial score (nSPS) is 26.2. The molecule has 1 aliphatic heterocycles. The van der Waals surface area contributed by atoms with Crippen molar-refractivity contribution >= 4 is 11.4 Å². The van der Waals surface area contributed by atoms with Crippen LogP contribution in [0.25, 0.3) is 0 Å². The Bertz CT molecular complexity index is 610. The van der Waals surface area contributed by atoms with Crippen molar-refractivity contribution in [3.05, 3.63) is 40.0 Å². The van der Waals surface area contributed by atoms with E-state index in [9.17, 15) is 10.1 Å². The Morgan fingerprint density at radius 3 is 2.81 bits per heavy atom. The van der Waals surface area contributed by atoms with Crippen LogP contribution in [0.15, 0.2) is 24.3 Å². The molecule has 1 N–H and O–H groups in total. The fourth-order valence-electron chi connectivity index (χ4n) is 3.61. The monoisotopic (exact) mass is 288 g/mol. The number of nitro benzene ring substituents is 1. The summed E-state index contributed by atoms with van der Waals surface area (Å²) in [6.07, 6.45) is 5.39. The van der Waals surface area contributed by atoms with E-state index in [4.69, 9.17) is 4.74 Å². The Morgan fingerprint density at radius 1 is 1.43 bits per heavy atom. The fourth-order valence-corrected chi connectivity index (χ4v) is 3.61. The van der Waals surface area contributed by atoms with E-state index in [0.29, 0.717) is 23.3 Å². The van der Waals surface area contributed by atoms with Crippen molar-refractivity contribution in [3.63, 3.8) is 0 Å². The van der Waals surface area contributed by atoms with E-state index >= 15 is 0 Å². The zero-order valence-electron chi connectivity index (χ0n) is 12.5. The van der Waals surface area contributed by atoms with Crippen molar-refractivity contribution in [3.8, 4) is 5.75 Å². The summed E-state index contributed by atoms with van der Waals surface area (Å²) in [4.78, 5) is 11.1. The van der Waals surface area contributed by atoms with Crippen LogP contribution in [-0.4, -0.2) is 18.1 Å². The quantitative estimate of drug-likeness (QED) is 0.523. The molecule has 112 valence electrons. The molecule has 5 heteroatoms. The summed E-state index contributed by atoms with van der Waals surface area (Å²) < 4.78 is 5.24. The van der Waals surface area contributed by atoms with Gasteiger partial charge in [-0.25, -0.2) is 0 Å². The molecule has 0 fully saturated rings. The highest BCUT2D eigenvalue weighted by Gasteiger charge is 2.41. The zero-order chi connectivity index (χ0) is 15.1. The lowest BCUT2D eigenvalue weighted by atomic mass is 9.75. The van der Waals surface area contributed by atoms with E-state index in [2.05, 4.69) is 31.3 Å². The van der Waals surface area contributed by atoms with E-state index in [1.165, 1.54) is 6.07 Å². The molecule has 1 aromatic rings. The summed E-state index contributed by atoms with van der Waals surface area (Å²) in [6, 6.07) is 3.69. The van der Waals surface area contributed by atoms with Crippen LogP contribution >= 0.6 is 0 Å². The highest BCUT2D eigenvalue weighted by atomic mass is 16.6.